The lowest BCUT2D eigenvalue weighted by Crippen LogP contribution is -2.51. The third kappa shape index (κ3) is 2.07. The number of hydrogen-bond acceptors (Lipinski definition) is 2. The van der Waals surface area contributed by atoms with E-state index in [-0.39, 0.29) is 0 Å². The highest BCUT2D eigenvalue weighted by Crippen LogP contribution is 2.56. The Labute approximate surface area is 110 Å². The van der Waals surface area contributed by atoms with Crippen molar-refractivity contribution < 1.29 is 4.79 Å². The maximum atomic E-state index is 12.6. The van der Waals surface area contributed by atoms with Crippen LogP contribution in [0.3, 0.4) is 0 Å². The van der Waals surface area contributed by atoms with Crippen LogP contribution in [0.1, 0.15) is 38.5 Å². The Morgan fingerprint density at radius 1 is 1.11 bits per heavy atom. The first-order valence-corrected chi connectivity index (χ1v) is 7.64. The van der Waals surface area contributed by atoms with Crippen LogP contribution in [0.5, 0.6) is 0 Å². The van der Waals surface area contributed by atoms with Gasteiger partial charge in [0.05, 0.1) is 0 Å². The summed E-state index contributed by atoms with van der Waals surface area (Å²) in [7, 11) is 1.96. The fourth-order valence-electron chi connectivity index (χ4n) is 5.02. The lowest BCUT2D eigenvalue weighted by molar-refractivity contribution is -0.147. The van der Waals surface area contributed by atoms with Gasteiger partial charge in [-0.15, -0.1) is 0 Å². The largest absolute Gasteiger partial charge is 0.345 e. The Hall–Kier alpha value is -0.570. The van der Waals surface area contributed by atoms with Crippen LogP contribution in [-0.4, -0.2) is 30.9 Å². The molecule has 4 saturated carbocycles. The molecule has 4 fully saturated rings. The number of nitrogens with zero attached hydrogens (tertiary/aromatic N) is 1. The Morgan fingerprint density at radius 3 is 2.17 bits per heavy atom. The molecule has 4 aliphatic carbocycles. The highest BCUT2D eigenvalue weighted by molar-refractivity contribution is 5.79. The number of carbonyl (C=O) groups excluding carboxylic acids is 1. The maximum Gasteiger partial charge on any atom is 0.225 e. The fraction of sp³-hybridized carbons (Fsp3) is 0.933. The molecular formula is C15H26N2O. The molecule has 102 valence electrons. The van der Waals surface area contributed by atoms with Gasteiger partial charge in [0.2, 0.25) is 5.91 Å². The molecule has 0 aromatic carbocycles. The lowest BCUT2D eigenvalue weighted by Gasteiger charge is -2.54. The van der Waals surface area contributed by atoms with Gasteiger partial charge in [-0.2, -0.15) is 0 Å². The fourth-order valence-corrected chi connectivity index (χ4v) is 5.02. The SMILES string of the molecule is CN(CCCN)C(=O)C1C2CC3CC(C2)CC1C3. The van der Waals surface area contributed by atoms with Crippen molar-refractivity contribution in [2.75, 3.05) is 20.1 Å². The highest BCUT2D eigenvalue weighted by Gasteiger charge is 2.51. The second kappa shape index (κ2) is 4.84. The Bertz CT molecular complexity index is 300. The molecule has 18 heavy (non-hydrogen) atoms. The van der Waals surface area contributed by atoms with Crippen molar-refractivity contribution in [3.63, 3.8) is 0 Å². The summed E-state index contributed by atoms with van der Waals surface area (Å²) in [5, 5.41) is 0. The minimum absolute atomic E-state index is 0.348. The average molecular weight is 250 g/mol. The molecule has 0 atom stereocenters. The zero-order chi connectivity index (χ0) is 12.7. The molecule has 0 saturated heterocycles. The average Bonchev–Trinajstić information content (AvgIpc) is 2.34. The summed E-state index contributed by atoms with van der Waals surface area (Å²) in [5.74, 6) is 4.07. The molecule has 4 aliphatic rings. The van der Waals surface area contributed by atoms with E-state index in [1.807, 2.05) is 11.9 Å². The Kier molecular flexibility index (Phi) is 3.35. The van der Waals surface area contributed by atoms with Crippen LogP contribution in [0.15, 0.2) is 0 Å². The van der Waals surface area contributed by atoms with E-state index in [0.717, 1.165) is 24.8 Å². The van der Waals surface area contributed by atoms with Gasteiger partial charge in [-0.3, -0.25) is 4.79 Å². The summed E-state index contributed by atoms with van der Waals surface area (Å²) in [6, 6.07) is 0. The molecule has 0 aliphatic heterocycles. The first-order valence-electron chi connectivity index (χ1n) is 7.64. The Balaban J connectivity index is 1.67. The summed E-state index contributed by atoms with van der Waals surface area (Å²) in [6.45, 7) is 1.51. The number of carbonyl (C=O) groups is 1. The number of rotatable bonds is 4. The summed E-state index contributed by atoms with van der Waals surface area (Å²) in [6.07, 6.45) is 7.69. The molecule has 3 nitrogen and oxygen atoms in total. The van der Waals surface area contributed by atoms with Crippen molar-refractivity contribution >= 4 is 5.91 Å². The van der Waals surface area contributed by atoms with Crippen LogP contribution in [-0.2, 0) is 4.79 Å². The number of hydrogen-bond donors (Lipinski definition) is 1. The van der Waals surface area contributed by atoms with Crippen LogP contribution >= 0.6 is 0 Å². The van der Waals surface area contributed by atoms with E-state index in [9.17, 15) is 4.79 Å². The van der Waals surface area contributed by atoms with Gasteiger partial charge in [-0.25, -0.2) is 0 Å². The van der Waals surface area contributed by atoms with Crippen LogP contribution in [0.4, 0.5) is 0 Å². The van der Waals surface area contributed by atoms with E-state index in [1.165, 1.54) is 32.1 Å². The second-order valence-corrected chi connectivity index (χ2v) is 6.86. The monoisotopic (exact) mass is 250 g/mol. The lowest BCUT2D eigenvalue weighted by atomic mass is 9.51. The number of nitrogens with two attached hydrogens (primary N) is 1. The van der Waals surface area contributed by atoms with Gasteiger partial charge in [-0.1, -0.05) is 0 Å². The zero-order valence-electron chi connectivity index (χ0n) is 11.5. The molecule has 4 rings (SSSR count). The van der Waals surface area contributed by atoms with E-state index >= 15 is 0 Å². The second-order valence-electron chi connectivity index (χ2n) is 6.86. The first kappa shape index (κ1) is 12.5. The molecule has 0 unspecified atom stereocenters. The normalized spacial score (nSPS) is 41.1. The predicted octanol–water partition coefficient (Wildman–Crippen LogP) is 1.87. The molecule has 2 N–H and O–H groups in total. The van der Waals surface area contributed by atoms with Crippen molar-refractivity contribution in [3.05, 3.63) is 0 Å². The van der Waals surface area contributed by atoms with Crippen molar-refractivity contribution in [1.29, 1.82) is 0 Å². The van der Waals surface area contributed by atoms with Crippen molar-refractivity contribution in [2.24, 2.45) is 35.3 Å². The summed E-state index contributed by atoms with van der Waals surface area (Å²) >= 11 is 0. The molecule has 0 radical (unpaired) electrons. The van der Waals surface area contributed by atoms with Crippen molar-refractivity contribution in [1.82, 2.24) is 4.90 Å². The molecular weight excluding hydrogens is 224 g/mol. The van der Waals surface area contributed by atoms with Crippen LogP contribution in [0, 0.1) is 29.6 Å². The van der Waals surface area contributed by atoms with Crippen molar-refractivity contribution in [3.8, 4) is 0 Å². The van der Waals surface area contributed by atoms with Gasteiger partial charge in [0.1, 0.15) is 0 Å². The summed E-state index contributed by atoms with van der Waals surface area (Å²) < 4.78 is 0. The summed E-state index contributed by atoms with van der Waals surface area (Å²) in [5.41, 5.74) is 5.53. The van der Waals surface area contributed by atoms with E-state index < -0.39 is 0 Å². The van der Waals surface area contributed by atoms with Gasteiger partial charge in [0, 0.05) is 19.5 Å². The molecule has 0 aromatic rings. The van der Waals surface area contributed by atoms with Crippen molar-refractivity contribution in [2.45, 2.75) is 38.5 Å². The smallest absolute Gasteiger partial charge is 0.225 e. The molecule has 1 amide bonds. The van der Waals surface area contributed by atoms with E-state index in [4.69, 9.17) is 5.73 Å². The maximum absolute atomic E-state index is 12.6. The number of amides is 1. The first-order chi connectivity index (χ1) is 8.69. The van der Waals surface area contributed by atoms with Gasteiger partial charge >= 0.3 is 0 Å². The molecule has 4 bridgehead atoms. The highest BCUT2D eigenvalue weighted by atomic mass is 16.2. The molecule has 3 heteroatoms. The van der Waals surface area contributed by atoms with Gasteiger partial charge < -0.3 is 10.6 Å². The summed E-state index contributed by atoms with van der Waals surface area (Å²) in [4.78, 5) is 14.6. The molecule has 0 aromatic heterocycles. The van der Waals surface area contributed by atoms with Crippen LogP contribution in [0.25, 0.3) is 0 Å². The van der Waals surface area contributed by atoms with Crippen LogP contribution < -0.4 is 5.73 Å². The predicted molar refractivity (Wildman–Crippen MR) is 71.8 cm³/mol. The van der Waals surface area contributed by atoms with Gasteiger partial charge in [0.25, 0.3) is 0 Å². The van der Waals surface area contributed by atoms with Crippen LogP contribution in [0.2, 0.25) is 0 Å². The van der Waals surface area contributed by atoms with Gasteiger partial charge in [-0.05, 0) is 68.7 Å². The Morgan fingerprint density at radius 2 is 1.67 bits per heavy atom. The van der Waals surface area contributed by atoms with Gasteiger partial charge in [0.15, 0.2) is 0 Å². The van der Waals surface area contributed by atoms with E-state index in [1.54, 1.807) is 0 Å². The minimum Gasteiger partial charge on any atom is -0.345 e. The van der Waals surface area contributed by atoms with E-state index in [0.29, 0.717) is 30.2 Å². The third-order valence-electron chi connectivity index (χ3n) is 5.59. The third-order valence-corrected chi connectivity index (χ3v) is 5.59. The topological polar surface area (TPSA) is 46.3 Å². The van der Waals surface area contributed by atoms with E-state index in [2.05, 4.69) is 0 Å². The molecule has 0 spiro atoms. The minimum atomic E-state index is 0.348. The quantitative estimate of drug-likeness (QED) is 0.828. The zero-order valence-corrected chi connectivity index (χ0v) is 11.5. The standard InChI is InChI=1S/C15H26N2O/c1-17(4-2-3-16)15(18)14-12-6-10-5-11(8-12)9-13(14)7-10/h10-14H,2-9,16H2,1H3. The molecule has 0 heterocycles.